The fourth-order valence-electron chi connectivity index (χ4n) is 2.42. The number of nitrogens with zero attached hydrogens (tertiary/aromatic N) is 1. The summed E-state index contributed by atoms with van der Waals surface area (Å²) in [4.78, 5) is 28.4. The van der Waals surface area contributed by atoms with Crippen molar-refractivity contribution >= 4 is 23.3 Å². The SMILES string of the molecule is COC(=O)C1=C(C)NC(=O)N[C@H]1c1nc(-c2ccccc2)cs1. The van der Waals surface area contributed by atoms with E-state index in [0.717, 1.165) is 11.3 Å². The summed E-state index contributed by atoms with van der Waals surface area (Å²) in [6.45, 7) is 1.67. The first-order valence-electron chi connectivity index (χ1n) is 6.97. The molecule has 0 saturated carbocycles. The molecule has 2 amide bonds. The molecular weight excluding hydrogens is 314 g/mol. The van der Waals surface area contributed by atoms with Gasteiger partial charge in [0.2, 0.25) is 0 Å². The number of methoxy groups -OCH3 is 1. The Kier molecular flexibility index (Phi) is 4.12. The van der Waals surface area contributed by atoms with Crippen molar-refractivity contribution in [1.82, 2.24) is 15.6 Å². The maximum atomic E-state index is 12.0. The van der Waals surface area contributed by atoms with Gasteiger partial charge in [0.25, 0.3) is 0 Å². The molecule has 0 aliphatic carbocycles. The number of rotatable bonds is 3. The van der Waals surface area contributed by atoms with E-state index in [0.29, 0.717) is 16.3 Å². The number of carbonyl (C=O) groups is 2. The summed E-state index contributed by atoms with van der Waals surface area (Å²) in [5, 5.41) is 7.86. The third-order valence-corrected chi connectivity index (χ3v) is 4.42. The molecule has 1 aliphatic rings. The summed E-state index contributed by atoms with van der Waals surface area (Å²) in [6, 6.07) is 8.75. The van der Waals surface area contributed by atoms with Crippen LogP contribution >= 0.6 is 11.3 Å². The van der Waals surface area contributed by atoms with Crippen LogP contribution in [0, 0.1) is 0 Å². The molecule has 0 bridgehead atoms. The van der Waals surface area contributed by atoms with Gasteiger partial charge in [-0.05, 0) is 6.92 Å². The van der Waals surface area contributed by atoms with Gasteiger partial charge in [0.05, 0.1) is 18.4 Å². The van der Waals surface area contributed by atoms with Crippen LogP contribution in [-0.2, 0) is 9.53 Å². The van der Waals surface area contributed by atoms with Crippen molar-refractivity contribution in [3.05, 3.63) is 52.0 Å². The van der Waals surface area contributed by atoms with Gasteiger partial charge in [-0.2, -0.15) is 0 Å². The summed E-state index contributed by atoms with van der Waals surface area (Å²) in [7, 11) is 1.31. The van der Waals surface area contributed by atoms with Gasteiger partial charge in [0.1, 0.15) is 11.0 Å². The molecule has 1 aromatic carbocycles. The van der Waals surface area contributed by atoms with Crippen LogP contribution in [0.5, 0.6) is 0 Å². The highest BCUT2D eigenvalue weighted by Crippen LogP contribution is 2.32. The largest absolute Gasteiger partial charge is 0.466 e. The minimum atomic E-state index is -0.612. The van der Waals surface area contributed by atoms with Crippen molar-refractivity contribution in [2.75, 3.05) is 7.11 Å². The van der Waals surface area contributed by atoms with E-state index in [2.05, 4.69) is 15.6 Å². The second-order valence-electron chi connectivity index (χ2n) is 5.00. The number of amides is 2. The molecule has 1 aromatic heterocycles. The Morgan fingerprint density at radius 1 is 1.30 bits per heavy atom. The fourth-order valence-corrected chi connectivity index (χ4v) is 3.31. The number of hydrogen-bond donors (Lipinski definition) is 2. The van der Waals surface area contributed by atoms with Crippen LogP contribution < -0.4 is 10.6 Å². The highest BCUT2D eigenvalue weighted by molar-refractivity contribution is 7.10. The van der Waals surface area contributed by atoms with Gasteiger partial charge in [0.15, 0.2) is 0 Å². The summed E-state index contributed by atoms with van der Waals surface area (Å²) in [6.07, 6.45) is 0. The van der Waals surface area contributed by atoms with E-state index < -0.39 is 12.0 Å². The van der Waals surface area contributed by atoms with E-state index in [1.54, 1.807) is 6.92 Å². The molecule has 1 atom stereocenters. The van der Waals surface area contributed by atoms with Crippen LogP contribution in [0.4, 0.5) is 4.79 Å². The molecule has 1 aliphatic heterocycles. The lowest BCUT2D eigenvalue weighted by atomic mass is 10.0. The lowest BCUT2D eigenvalue weighted by Gasteiger charge is -2.25. The number of esters is 1. The van der Waals surface area contributed by atoms with Crippen molar-refractivity contribution in [3.63, 3.8) is 0 Å². The number of allylic oxidation sites excluding steroid dienone is 1. The van der Waals surface area contributed by atoms with Gasteiger partial charge in [-0.1, -0.05) is 30.3 Å². The zero-order chi connectivity index (χ0) is 16.4. The quantitative estimate of drug-likeness (QED) is 0.848. The number of thiazole rings is 1. The van der Waals surface area contributed by atoms with E-state index >= 15 is 0 Å². The van der Waals surface area contributed by atoms with Gasteiger partial charge in [-0.25, -0.2) is 14.6 Å². The molecule has 0 fully saturated rings. The molecular formula is C16H15N3O3S. The van der Waals surface area contributed by atoms with E-state index in [4.69, 9.17) is 4.74 Å². The molecule has 0 saturated heterocycles. The lowest BCUT2D eigenvalue weighted by molar-refractivity contribution is -0.136. The number of ether oxygens (including phenoxy) is 1. The van der Waals surface area contributed by atoms with Gasteiger partial charge in [-0.3, -0.25) is 0 Å². The Balaban J connectivity index is 1.99. The monoisotopic (exact) mass is 329 g/mol. The molecule has 6 nitrogen and oxygen atoms in total. The standard InChI is InChI=1S/C16H15N3O3S/c1-9-12(15(20)22-2)13(19-16(21)17-9)14-18-11(8-23-14)10-6-4-3-5-7-10/h3-8,13H,1-2H3,(H2,17,19,21)/t13-/m1/s1. The number of aromatic nitrogens is 1. The number of carbonyl (C=O) groups excluding carboxylic acids is 2. The second kappa shape index (κ2) is 6.21. The van der Waals surface area contributed by atoms with Crippen molar-refractivity contribution in [1.29, 1.82) is 0 Å². The fraction of sp³-hybridized carbons (Fsp3) is 0.188. The van der Waals surface area contributed by atoms with Crippen LogP contribution in [0.1, 0.15) is 18.0 Å². The molecule has 2 N–H and O–H groups in total. The highest BCUT2D eigenvalue weighted by Gasteiger charge is 2.33. The van der Waals surface area contributed by atoms with Crippen LogP contribution in [0.25, 0.3) is 11.3 Å². The number of urea groups is 1. The molecule has 23 heavy (non-hydrogen) atoms. The van der Waals surface area contributed by atoms with Gasteiger partial charge in [-0.15, -0.1) is 11.3 Å². The predicted molar refractivity (Wildman–Crippen MR) is 86.7 cm³/mol. The molecule has 7 heteroatoms. The zero-order valence-electron chi connectivity index (χ0n) is 12.6. The molecule has 2 aromatic rings. The Morgan fingerprint density at radius 3 is 2.74 bits per heavy atom. The summed E-state index contributed by atoms with van der Waals surface area (Å²) >= 11 is 1.39. The maximum Gasteiger partial charge on any atom is 0.338 e. The summed E-state index contributed by atoms with van der Waals surface area (Å²) < 4.78 is 4.83. The molecule has 0 radical (unpaired) electrons. The summed E-state index contributed by atoms with van der Waals surface area (Å²) in [5.74, 6) is -0.489. The first-order valence-corrected chi connectivity index (χ1v) is 7.85. The van der Waals surface area contributed by atoms with Crippen molar-refractivity contribution in [3.8, 4) is 11.3 Å². The van der Waals surface area contributed by atoms with Crippen LogP contribution in [0.15, 0.2) is 47.0 Å². The molecule has 118 valence electrons. The van der Waals surface area contributed by atoms with Crippen molar-refractivity contribution in [2.24, 2.45) is 0 Å². The van der Waals surface area contributed by atoms with Gasteiger partial charge >= 0.3 is 12.0 Å². The second-order valence-corrected chi connectivity index (χ2v) is 5.89. The highest BCUT2D eigenvalue weighted by atomic mass is 32.1. The Hall–Kier alpha value is -2.67. The van der Waals surface area contributed by atoms with E-state index in [9.17, 15) is 9.59 Å². The first kappa shape index (κ1) is 15.2. The normalized spacial score (nSPS) is 17.5. The topological polar surface area (TPSA) is 80.3 Å². The van der Waals surface area contributed by atoms with Crippen LogP contribution in [0.3, 0.4) is 0 Å². The predicted octanol–water partition coefficient (Wildman–Crippen LogP) is 2.61. The number of nitrogens with one attached hydrogen (secondary N) is 2. The first-order chi connectivity index (χ1) is 11.1. The Morgan fingerprint density at radius 2 is 2.04 bits per heavy atom. The number of benzene rings is 1. The number of hydrogen-bond acceptors (Lipinski definition) is 5. The van der Waals surface area contributed by atoms with E-state index in [-0.39, 0.29) is 6.03 Å². The Bertz CT molecular complexity index is 783. The van der Waals surface area contributed by atoms with E-state index in [1.165, 1.54) is 18.4 Å². The molecule has 0 spiro atoms. The average Bonchev–Trinajstić information content (AvgIpc) is 3.04. The maximum absolute atomic E-state index is 12.0. The third-order valence-electron chi connectivity index (χ3n) is 3.51. The smallest absolute Gasteiger partial charge is 0.338 e. The van der Waals surface area contributed by atoms with Crippen molar-refractivity contribution in [2.45, 2.75) is 13.0 Å². The van der Waals surface area contributed by atoms with Crippen molar-refractivity contribution < 1.29 is 14.3 Å². The molecule has 3 rings (SSSR count). The van der Waals surface area contributed by atoms with Gasteiger partial charge in [0, 0.05) is 16.6 Å². The van der Waals surface area contributed by atoms with E-state index in [1.807, 2.05) is 35.7 Å². The molecule has 0 unspecified atom stereocenters. The zero-order valence-corrected chi connectivity index (χ0v) is 13.4. The third kappa shape index (κ3) is 2.95. The minimum absolute atomic E-state index is 0.362. The van der Waals surface area contributed by atoms with Crippen LogP contribution in [0.2, 0.25) is 0 Å². The minimum Gasteiger partial charge on any atom is -0.466 e. The average molecular weight is 329 g/mol. The Labute approximate surface area is 137 Å². The molecule has 2 heterocycles. The van der Waals surface area contributed by atoms with Crippen LogP contribution in [-0.4, -0.2) is 24.1 Å². The van der Waals surface area contributed by atoms with Gasteiger partial charge < -0.3 is 15.4 Å². The lowest BCUT2D eigenvalue weighted by Crippen LogP contribution is -2.45. The summed E-state index contributed by atoms with van der Waals surface area (Å²) in [5.41, 5.74) is 2.62.